The van der Waals surface area contributed by atoms with E-state index in [2.05, 4.69) is 139 Å². The van der Waals surface area contributed by atoms with Crippen molar-refractivity contribution in [1.29, 1.82) is 0 Å². The predicted molar refractivity (Wildman–Crippen MR) is 132 cm³/mol. The number of benzene rings is 4. The molecule has 0 saturated carbocycles. The van der Waals surface area contributed by atoms with Gasteiger partial charge in [-0.1, -0.05) is 115 Å². The van der Waals surface area contributed by atoms with Crippen molar-refractivity contribution in [2.24, 2.45) is 0 Å². The summed E-state index contributed by atoms with van der Waals surface area (Å²) >= 11 is 11.0. The smallest absolute Gasteiger partial charge is 0.0714 e. The average Bonchev–Trinajstić information content (AvgIpc) is 3.04. The number of rotatable bonds is 3. The first-order valence-corrected chi connectivity index (χ1v) is 12.2. The number of hydrogen-bond donors (Lipinski definition) is 0. The summed E-state index contributed by atoms with van der Waals surface area (Å²) in [4.78, 5) is 0. The van der Waals surface area contributed by atoms with E-state index in [1.165, 1.54) is 38.9 Å². The first-order valence-electron chi connectivity index (χ1n) is 9.46. The molecule has 0 N–H and O–H groups in total. The van der Waals surface area contributed by atoms with Crippen LogP contribution in [0.2, 0.25) is 0 Å². The van der Waals surface area contributed by atoms with Crippen LogP contribution in [-0.2, 0) is 10.7 Å². The monoisotopic (exact) mass is 566 g/mol. The summed E-state index contributed by atoms with van der Waals surface area (Å²) in [5.41, 5.74) is 8.71. The summed E-state index contributed by atoms with van der Waals surface area (Å²) in [7, 11) is 0. The molecule has 0 nitrogen and oxygen atoms in total. The third-order valence-electron chi connectivity index (χ3n) is 5.81. The molecule has 0 bridgehead atoms. The van der Waals surface area contributed by atoms with Crippen molar-refractivity contribution in [2.75, 3.05) is 0 Å². The van der Waals surface area contributed by atoms with Gasteiger partial charge in [0.1, 0.15) is 0 Å². The first kappa shape index (κ1) is 19.3. The molecule has 1 aliphatic carbocycles. The minimum atomic E-state index is -0.357. The van der Waals surface area contributed by atoms with Gasteiger partial charge in [-0.05, 0) is 63.2 Å². The average molecular weight is 569 g/mol. The standard InChI is InChI=1S/C26H17Br3/c27-16-17-6-8-19(9-7-17)26(18-4-2-1-3-5-18)24-14-20(28)10-12-22(24)23-13-11-21(29)15-25(23)26/h1-15H,16H2. The van der Waals surface area contributed by atoms with Gasteiger partial charge in [-0.25, -0.2) is 0 Å². The predicted octanol–water partition coefficient (Wildman–Crippen LogP) is 8.47. The largest absolute Gasteiger partial charge is 0.0876 e. The fraction of sp³-hybridized carbons (Fsp3) is 0.0769. The zero-order valence-corrected chi connectivity index (χ0v) is 20.3. The van der Waals surface area contributed by atoms with E-state index in [1.807, 2.05) is 0 Å². The highest BCUT2D eigenvalue weighted by Gasteiger charge is 2.46. The van der Waals surface area contributed by atoms with Gasteiger partial charge in [0.25, 0.3) is 0 Å². The fourth-order valence-electron chi connectivity index (χ4n) is 4.59. The minimum Gasteiger partial charge on any atom is -0.0876 e. The van der Waals surface area contributed by atoms with Crippen molar-refractivity contribution in [3.63, 3.8) is 0 Å². The molecule has 0 radical (unpaired) electrons. The number of fused-ring (bicyclic) bond motifs is 3. The zero-order valence-electron chi connectivity index (χ0n) is 15.5. The van der Waals surface area contributed by atoms with Crippen molar-refractivity contribution in [3.05, 3.63) is 128 Å². The van der Waals surface area contributed by atoms with Gasteiger partial charge in [0.15, 0.2) is 0 Å². The second-order valence-electron chi connectivity index (χ2n) is 7.33. The maximum absolute atomic E-state index is 3.73. The molecule has 0 unspecified atom stereocenters. The van der Waals surface area contributed by atoms with E-state index in [0.717, 1.165) is 14.3 Å². The Balaban J connectivity index is 1.95. The molecule has 5 rings (SSSR count). The van der Waals surface area contributed by atoms with Gasteiger partial charge < -0.3 is 0 Å². The quantitative estimate of drug-likeness (QED) is 0.191. The molecule has 0 atom stereocenters. The molecule has 3 heteroatoms. The number of halogens is 3. The van der Waals surface area contributed by atoms with Crippen molar-refractivity contribution in [2.45, 2.75) is 10.7 Å². The minimum absolute atomic E-state index is 0.357. The van der Waals surface area contributed by atoms with Gasteiger partial charge in [0, 0.05) is 14.3 Å². The topological polar surface area (TPSA) is 0 Å². The maximum atomic E-state index is 3.73. The Morgan fingerprint density at radius 1 is 0.586 bits per heavy atom. The highest BCUT2D eigenvalue weighted by Crippen LogP contribution is 2.57. The SMILES string of the molecule is BrCc1ccc(C2(c3ccccc3)c3cc(Br)ccc3-c3ccc(Br)cc32)cc1. The summed E-state index contributed by atoms with van der Waals surface area (Å²) in [5.74, 6) is 0. The Labute approximate surface area is 196 Å². The molecule has 0 heterocycles. The number of alkyl halides is 1. The van der Waals surface area contributed by atoms with E-state index in [-0.39, 0.29) is 5.41 Å². The van der Waals surface area contributed by atoms with Crippen LogP contribution >= 0.6 is 47.8 Å². The lowest BCUT2D eigenvalue weighted by Crippen LogP contribution is -2.28. The number of hydrogen-bond acceptors (Lipinski definition) is 0. The van der Waals surface area contributed by atoms with Crippen LogP contribution in [0, 0.1) is 0 Å². The van der Waals surface area contributed by atoms with Crippen LogP contribution in [-0.4, -0.2) is 0 Å². The summed E-state index contributed by atoms with van der Waals surface area (Å²) in [6.07, 6.45) is 0. The Bertz CT molecular complexity index is 1140. The summed E-state index contributed by atoms with van der Waals surface area (Å²) in [6, 6.07) is 33.2. The van der Waals surface area contributed by atoms with Gasteiger partial charge in [0.2, 0.25) is 0 Å². The van der Waals surface area contributed by atoms with Gasteiger partial charge in [-0.3, -0.25) is 0 Å². The van der Waals surface area contributed by atoms with Crippen molar-refractivity contribution >= 4 is 47.8 Å². The van der Waals surface area contributed by atoms with Crippen LogP contribution in [0.3, 0.4) is 0 Å². The van der Waals surface area contributed by atoms with E-state index in [4.69, 9.17) is 0 Å². The lowest BCUT2D eigenvalue weighted by atomic mass is 9.67. The summed E-state index contributed by atoms with van der Waals surface area (Å²) in [5, 5.41) is 0.857. The molecule has 0 aliphatic heterocycles. The molecule has 0 aromatic heterocycles. The van der Waals surface area contributed by atoms with E-state index in [1.54, 1.807) is 0 Å². The van der Waals surface area contributed by atoms with Gasteiger partial charge in [-0.15, -0.1) is 0 Å². The van der Waals surface area contributed by atoms with Crippen LogP contribution < -0.4 is 0 Å². The van der Waals surface area contributed by atoms with Crippen LogP contribution in [0.15, 0.2) is 99.9 Å². The van der Waals surface area contributed by atoms with Crippen molar-refractivity contribution in [1.82, 2.24) is 0 Å². The maximum Gasteiger partial charge on any atom is 0.0714 e. The van der Waals surface area contributed by atoms with E-state index >= 15 is 0 Å². The Morgan fingerprint density at radius 3 is 1.62 bits per heavy atom. The van der Waals surface area contributed by atoms with Crippen LogP contribution in [0.4, 0.5) is 0 Å². The zero-order chi connectivity index (χ0) is 20.0. The second kappa shape index (κ2) is 7.54. The molecule has 142 valence electrons. The van der Waals surface area contributed by atoms with Crippen LogP contribution in [0.5, 0.6) is 0 Å². The molecule has 0 spiro atoms. The van der Waals surface area contributed by atoms with E-state index < -0.39 is 0 Å². The third-order valence-corrected chi connectivity index (χ3v) is 7.44. The van der Waals surface area contributed by atoms with Crippen molar-refractivity contribution < 1.29 is 0 Å². The summed E-state index contributed by atoms with van der Waals surface area (Å²) in [6.45, 7) is 0. The normalized spacial score (nSPS) is 13.8. The van der Waals surface area contributed by atoms with Crippen LogP contribution in [0.1, 0.15) is 27.8 Å². The molecule has 4 aromatic carbocycles. The molecule has 1 aliphatic rings. The molecule has 4 aromatic rings. The molecule has 29 heavy (non-hydrogen) atoms. The highest BCUT2D eigenvalue weighted by atomic mass is 79.9. The molecule has 0 amide bonds. The fourth-order valence-corrected chi connectivity index (χ4v) is 5.68. The van der Waals surface area contributed by atoms with E-state index in [0.29, 0.717) is 0 Å². The lowest BCUT2D eigenvalue weighted by Gasteiger charge is -2.34. The van der Waals surface area contributed by atoms with Crippen molar-refractivity contribution in [3.8, 4) is 11.1 Å². The Hall–Kier alpha value is -1.68. The Morgan fingerprint density at radius 2 is 1.10 bits per heavy atom. The van der Waals surface area contributed by atoms with E-state index in [9.17, 15) is 0 Å². The first-order chi connectivity index (χ1) is 14.1. The van der Waals surface area contributed by atoms with Gasteiger partial charge in [-0.2, -0.15) is 0 Å². The highest BCUT2D eigenvalue weighted by molar-refractivity contribution is 9.10. The van der Waals surface area contributed by atoms with Gasteiger partial charge >= 0.3 is 0 Å². The molecular formula is C26H17Br3. The lowest BCUT2D eigenvalue weighted by molar-refractivity contribution is 0.767. The second-order valence-corrected chi connectivity index (χ2v) is 9.72. The molecule has 0 fully saturated rings. The molecule has 0 saturated heterocycles. The molecular weight excluding hydrogens is 552 g/mol. The van der Waals surface area contributed by atoms with Gasteiger partial charge in [0.05, 0.1) is 5.41 Å². The summed E-state index contributed by atoms with van der Waals surface area (Å²) < 4.78 is 2.20. The van der Waals surface area contributed by atoms with Crippen LogP contribution in [0.25, 0.3) is 11.1 Å². The Kier molecular flexibility index (Phi) is 5.01. The third kappa shape index (κ3) is 2.98.